The van der Waals surface area contributed by atoms with Crippen molar-refractivity contribution in [3.8, 4) is 0 Å². The lowest BCUT2D eigenvalue weighted by Gasteiger charge is -2.19. The van der Waals surface area contributed by atoms with Crippen LogP contribution in [0.1, 0.15) is 37.5 Å². The molecule has 0 aliphatic rings. The third-order valence-corrected chi connectivity index (χ3v) is 4.83. The number of H-pyrrole nitrogens is 1. The van der Waals surface area contributed by atoms with Crippen LogP contribution in [-0.4, -0.2) is 9.97 Å². The van der Waals surface area contributed by atoms with Crippen molar-refractivity contribution in [2.45, 2.75) is 44.0 Å². The van der Waals surface area contributed by atoms with Gasteiger partial charge in [-0.2, -0.15) is 0 Å². The minimum atomic E-state index is 0.210. The van der Waals surface area contributed by atoms with E-state index >= 15 is 0 Å². The Hall–Kier alpha value is -1.74. The largest absolute Gasteiger partial charge is 0.333 e. The predicted molar refractivity (Wildman–Crippen MR) is 95.5 cm³/mol. The molecule has 1 aromatic heterocycles. The molecule has 3 rings (SSSR count). The van der Waals surface area contributed by atoms with Crippen LogP contribution < -0.4 is 0 Å². The monoisotopic (exact) mass is 310 g/mol. The van der Waals surface area contributed by atoms with E-state index < -0.39 is 0 Å². The number of rotatable bonds is 3. The number of para-hydroxylation sites is 1. The second kappa shape index (κ2) is 5.81. The van der Waals surface area contributed by atoms with Gasteiger partial charge in [0.2, 0.25) is 0 Å². The van der Waals surface area contributed by atoms with Crippen LogP contribution in [0.2, 0.25) is 0 Å². The summed E-state index contributed by atoms with van der Waals surface area (Å²) in [5.74, 6) is 0.934. The van der Waals surface area contributed by atoms with Gasteiger partial charge in [-0.15, -0.1) is 0 Å². The average molecular weight is 310 g/mol. The Morgan fingerprint density at radius 3 is 2.41 bits per heavy atom. The highest BCUT2D eigenvalue weighted by Gasteiger charge is 2.13. The second-order valence-electron chi connectivity index (χ2n) is 6.75. The minimum Gasteiger partial charge on any atom is -0.333 e. The molecule has 0 radical (unpaired) electrons. The minimum absolute atomic E-state index is 0.210. The van der Waals surface area contributed by atoms with Crippen molar-refractivity contribution in [3.63, 3.8) is 0 Å². The Morgan fingerprint density at radius 1 is 1.05 bits per heavy atom. The number of thioether (sulfide) groups is 1. The molecule has 0 fully saturated rings. The Morgan fingerprint density at radius 2 is 1.77 bits per heavy atom. The summed E-state index contributed by atoms with van der Waals surface area (Å²) in [6, 6.07) is 15.2. The van der Waals surface area contributed by atoms with Crippen LogP contribution in [0.5, 0.6) is 0 Å². The maximum absolute atomic E-state index is 4.69. The zero-order chi connectivity index (χ0) is 15.7. The van der Waals surface area contributed by atoms with Crippen LogP contribution in [0, 0.1) is 6.92 Å². The number of fused-ring (bicyclic) bond motifs is 1. The molecular weight excluding hydrogens is 288 g/mol. The highest BCUT2D eigenvalue weighted by Crippen LogP contribution is 2.26. The lowest BCUT2D eigenvalue weighted by atomic mass is 9.87. The molecule has 0 aliphatic heterocycles. The number of nitrogens with one attached hydrogen (secondary N) is 1. The van der Waals surface area contributed by atoms with Crippen LogP contribution in [0.3, 0.4) is 0 Å². The van der Waals surface area contributed by atoms with Crippen LogP contribution in [-0.2, 0) is 11.2 Å². The first kappa shape index (κ1) is 15.2. The first-order chi connectivity index (χ1) is 10.4. The maximum Gasteiger partial charge on any atom is 0.166 e. The first-order valence-corrected chi connectivity index (χ1v) is 8.59. The Bertz CT molecular complexity index is 779. The highest BCUT2D eigenvalue weighted by molar-refractivity contribution is 7.98. The van der Waals surface area contributed by atoms with Gasteiger partial charge in [0.15, 0.2) is 5.16 Å². The van der Waals surface area contributed by atoms with Crippen molar-refractivity contribution in [3.05, 3.63) is 59.2 Å². The van der Waals surface area contributed by atoms with E-state index in [0.29, 0.717) is 0 Å². The van der Waals surface area contributed by atoms with Gasteiger partial charge in [0.05, 0.1) is 11.0 Å². The molecule has 0 amide bonds. The Labute approximate surface area is 136 Å². The van der Waals surface area contributed by atoms with E-state index in [9.17, 15) is 0 Å². The molecule has 2 nitrogen and oxygen atoms in total. The molecule has 0 unspecified atom stereocenters. The van der Waals surface area contributed by atoms with E-state index in [1.807, 2.05) is 0 Å². The van der Waals surface area contributed by atoms with Crippen LogP contribution in [0.25, 0.3) is 11.0 Å². The summed E-state index contributed by atoms with van der Waals surface area (Å²) in [6.45, 7) is 8.83. The van der Waals surface area contributed by atoms with Gasteiger partial charge >= 0.3 is 0 Å². The molecule has 3 aromatic rings. The van der Waals surface area contributed by atoms with Gasteiger partial charge in [0, 0.05) is 5.75 Å². The highest BCUT2D eigenvalue weighted by atomic mass is 32.2. The van der Waals surface area contributed by atoms with Crippen molar-refractivity contribution in [1.82, 2.24) is 9.97 Å². The summed E-state index contributed by atoms with van der Waals surface area (Å²) < 4.78 is 0. The van der Waals surface area contributed by atoms with Gasteiger partial charge in [-0.25, -0.2) is 4.98 Å². The molecule has 2 aromatic carbocycles. The molecule has 3 heteroatoms. The van der Waals surface area contributed by atoms with Crippen molar-refractivity contribution in [2.75, 3.05) is 0 Å². The number of aromatic amines is 1. The normalized spacial score (nSPS) is 12.0. The van der Waals surface area contributed by atoms with Gasteiger partial charge in [0.1, 0.15) is 0 Å². The lowest BCUT2D eigenvalue weighted by molar-refractivity contribution is 0.590. The first-order valence-electron chi connectivity index (χ1n) is 7.61. The molecule has 0 saturated heterocycles. The predicted octanol–water partition coefficient (Wildman–Crippen LogP) is 5.46. The number of benzene rings is 2. The van der Waals surface area contributed by atoms with Crippen LogP contribution in [0.15, 0.2) is 47.6 Å². The summed E-state index contributed by atoms with van der Waals surface area (Å²) in [4.78, 5) is 8.09. The molecule has 0 aliphatic carbocycles. The van der Waals surface area contributed by atoms with Gasteiger partial charge in [-0.3, -0.25) is 0 Å². The number of imidazole rings is 1. The lowest BCUT2D eigenvalue weighted by Crippen LogP contribution is -2.10. The smallest absolute Gasteiger partial charge is 0.166 e. The second-order valence-corrected chi connectivity index (χ2v) is 7.71. The average Bonchev–Trinajstić information content (AvgIpc) is 2.89. The van der Waals surface area contributed by atoms with Crippen molar-refractivity contribution in [2.24, 2.45) is 0 Å². The zero-order valence-corrected chi connectivity index (χ0v) is 14.4. The fraction of sp³-hybridized carbons (Fsp3) is 0.316. The molecule has 0 spiro atoms. The maximum atomic E-state index is 4.69. The number of nitrogens with zero attached hydrogens (tertiary/aromatic N) is 1. The molecule has 22 heavy (non-hydrogen) atoms. The van der Waals surface area contributed by atoms with E-state index in [4.69, 9.17) is 4.98 Å². The van der Waals surface area contributed by atoms with E-state index in [2.05, 4.69) is 75.1 Å². The molecule has 0 bridgehead atoms. The Balaban J connectivity index is 1.72. The van der Waals surface area contributed by atoms with E-state index in [1.165, 1.54) is 16.7 Å². The van der Waals surface area contributed by atoms with Crippen molar-refractivity contribution < 1.29 is 0 Å². The number of aromatic nitrogens is 2. The number of aryl methyl sites for hydroxylation is 1. The fourth-order valence-corrected chi connectivity index (χ4v) is 3.31. The van der Waals surface area contributed by atoms with Gasteiger partial charge in [-0.1, -0.05) is 68.9 Å². The van der Waals surface area contributed by atoms with Crippen LogP contribution >= 0.6 is 11.8 Å². The topological polar surface area (TPSA) is 28.7 Å². The van der Waals surface area contributed by atoms with E-state index in [-0.39, 0.29) is 5.41 Å². The number of hydrogen-bond acceptors (Lipinski definition) is 2. The summed E-state index contributed by atoms with van der Waals surface area (Å²) in [7, 11) is 0. The standard InChI is InChI=1S/C19H22N2S/c1-13-6-5-7-16-17(13)21-18(20-16)22-12-14-8-10-15(11-9-14)19(2,3)4/h5-11H,12H2,1-4H3,(H,20,21). The van der Waals surface area contributed by atoms with E-state index in [1.54, 1.807) is 11.8 Å². The van der Waals surface area contributed by atoms with Crippen LogP contribution in [0.4, 0.5) is 0 Å². The fourth-order valence-electron chi connectivity index (χ4n) is 2.47. The SMILES string of the molecule is Cc1cccc2[nH]c(SCc3ccc(C(C)(C)C)cc3)nc12. The summed E-state index contributed by atoms with van der Waals surface area (Å²) in [5, 5.41) is 0.990. The molecule has 0 atom stereocenters. The van der Waals surface area contributed by atoms with Gasteiger partial charge < -0.3 is 4.98 Å². The van der Waals surface area contributed by atoms with E-state index in [0.717, 1.165) is 21.9 Å². The summed E-state index contributed by atoms with van der Waals surface area (Å²) in [6.07, 6.45) is 0. The summed E-state index contributed by atoms with van der Waals surface area (Å²) >= 11 is 1.75. The third kappa shape index (κ3) is 3.20. The third-order valence-electron chi connectivity index (χ3n) is 3.89. The summed E-state index contributed by atoms with van der Waals surface area (Å²) in [5.41, 5.74) is 6.33. The Kier molecular flexibility index (Phi) is 4.00. The number of hydrogen-bond donors (Lipinski definition) is 1. The van der Waals surface area contributed by atoms with Crippen molar-refractivity contribution >= 4 is 22.8 Å². The molecular formula is C19H22N2S. The molecule has 114 valence electrons. The molecule has 0 saturated carbocycles. The van der Waals surface area contributed by atoms with Gasteiger partial charge in [0.25, 0.3) is 0 Å². The molecule has 1 N–H and O–H groups in total. The van der Waals surface area contributed by atoms with Gasteiger partial charge in [-0.05, 0) is 35.1 Å². The molecule has 1 heterocycles. The quantitative estimate of drug-likeness (QED) is 0.651. The van der Waals surface area contributed by atoms with Crippen molar-refractivity contribution in [1.29, 1.82) is 0 Å². The zero-order valence-electron chi connectivity index (χ0n) is 13.6.